The third-order valence-corrected chi connectivity index (χ3v) is 4.01. The number of ether oxygens (including phenoxy) is 2. The minimum absolute atomic E-state index is 0.177. The number of rotatable bonds is 7. The van der Waals surface area contributed by atoms with E-state index >= 15 is 0 Å². The highest BCUT2D eigenvalue weighted by Crippen LogP contribution is 2.26. The zero-order valence-electron chi connectivity index (χ0n) is 13.5. The van der Waals surface area contributed by atoms with Gasteiger partial charge in [0.2, 0.25) is 5.91 Å². The van der Waals surface area contributed by atoms with E-state index in [0.717, 1.165) is 26.1 Å². The number of nitrogens with zero attached hydrogens (tertiary/aromatic N) is 1. The van der Waals surface area contributed by atoms with Crippen molar-refractivity contribution in [3.63, 3.8) is 0 Å². The molecule has 0 saturated carbocycles. The molecule has 1 aromatic carbocycles. The molecule has 1 aliphatic rings. The zero-order valence-corrected chi connectivity index (χ0v) is 13.5. The van der Waals surface area contributed by atoms with Crippen LogP contribution in [0.5, 0.6) is 11.5 Å². The summed E-state index contributed by atoms with van der Waals surface area (Å²) in [7, 11) is 3.57. The van der Waals surface area contributed by atoms with Crippen LogP contribution in [0.1, 0.15) is 19.3 Å². The number of methoxy groups -OCH3 is 1. The summed E-state index contributed by atoms with van der Waals surface area (Å²) < 4.78 is 10.9. The van der Waals surface area contributed by atoms with E-state index in [1.807, 2.05) is 36.2 Å². The second kappa shape index (κ2) is 8.63. The fraction of sp³-hybridized carbons (Fsp3) is 0.588. The van der Waals surface area contributed by atoms with Crippen molar-refractivity contribution in [3.8, 4) is 11.5 Å². The lowest BCUT2D eigenvalue weighted by Crippen LogP contribution is -2.42. The van der Waals surface area contributed by atoms with Gasteiger partial charge in [0.1, 0.15) is 0 Å². The molecule has 5 heteroatoms. The van der Waals surface area contributed by atoms with Crippen molar-refractivity contribution in [1.29, 1.82) is 0 Å². The first-order valence-corrected chi connectivity index (χ1v) is 7.92. The Morgan fingerprint density at radius 1 is 1.36 bits per heavy atom. The van der Waals surface area contributed by atoms with Crippen LogP contribution in [0, 0.1) is 5.92 Å². The van der Waals surface area contributed by atoms with Gasteiger partial charge in [0.05, 0.1) is 20.1 Å². The number of para-hydroxylation sites is 2. The predicted molar refractivity (Wildman–Crippen MR) is 86.3 cm³/mol. The monoisotopic (exact) mass is 306 g/mol. The van der Waals surface area contributed by atoms with E-state index in [-0.39, 0.29) is 5.91 Å². The van der Waals surface area contributed by atoms with E-state index in [9.17, 15) is 4.79 Å². The second-order valence-electron chi connectivity index (χ2n) is 5.66. The molecule has 0 bridgehead atoms. The summed E-state index contributed by atoms with van der Waals surface area (Å²) in [5.41, 5.74) is 0. The molecular formula is C17H26N2O3. The first kappa shape index (κ1) is 16.6. The van der Waals surface area contributed by atoms with Crippen LogP contribution in [0.2, 0.25) is 0 Å². The Balaban J connectivity index is 1.77. The topological polar surface area (TPSA) is 50.8 Å². The highest BCUT2D eigenvalue weighted by atomic mass is 16.5. The molecule has 2 rings (SSSR count). The quantitative estimate of drug-likeness (QED) is 0.836. The molecule has 1 atom stereocenters. The van der Waals surface area contributed by atoms with Gasteiger partial charge in [-0.2, -0.15) is 0 Å². The van der Waals surface area contributed by atoms with Gasteiger partial charge in [-0.3, -0.25) is 4.79 Å². The van der Waals surface area contributed by atoms with Gasteiger partial charge in [-0.25, -0.2) is 0 Å². The molecule has 0 aliphatic carbocycles. The van der Waals surface area contributed by atoms with Gasteiger partial charge in [-0.15, -0.1) is 0 Å². The minimum atomic E-state index is 0.177. The average molecular weight is 306 g/mol. The summed E-state index contributed by atoms with van der Waals surface area (Å²) in [6.07, 6.45) is 2.69. The van der Waals surface area contributed by atoms with Gasteiger partial charge in [0, 0.05) is 13.1 Å². The SMILES string of the molecule is CNC[C@@H]1CCCN(C(=O)CCOc2ccccc2OC)C1. The van der Waals surface area contributed by atoms with E-state index < -0.39 is 0 Å². The first-order valence-electron chi connectivity index (χ1n) is 7.92. The molecule has 1 aromatic rings. The highest BCUT2D eigenvalue weighted by molar-refractivity contribution is 5.76. The van der Waals surface area contributed by atoms with E-state index in [0.29, 0.717) is 30.4 Å². The molecule has 22 heavy (non-hydrogen) atoms. The van der Waals surface area contributed by atoms with Crippen molar-refractivity contribution in [2.24, 2.45) is 5.92 Å². The second-order valence-corrected chi connectivity index (χ2v) is 5.66. The Morgan fingerprint density at radius 3 is 2.86 bits per heavy atom. The predicted octanol–water partition coefficient (Wildman–Crippen LogP) is 1.92. The maximum absolute atomic E-state index is 12.3. The zero-order chi connectivity index (χ0) is 15.8. The summed E-state index contributed by atoms with van der Waals surface area (Å²) in [6.45, 7) is 3.08. The summed E-state index contributed by atoms with van der Waals surface area (Å²) in [4.78, 5) is 14.3. The Hall–Kier alpha value is -1.75. The molecule has 0 aromatic heterocycles. The number of benzene rings is 1. The lowest BCUT2D eigenvalue weighted by molar-refractivity contribution is -0.133. The van der Waals surface area contributed by atoms with Gasteiger partial charge < -0.3 is 19.7 Å². The molecule has 0 radical (unpaired) electrons. The molecule has 1 saturated heterocycles. The number of amides is 1. The van der Waals surface area contributed by atoms with E-state index in [1.54, 1.807) is 7.11 Å². The van der Waals surface area contributed by atoms with Gasteiger partial charge in [0.15, 0.2) is 11.5 Å². The van der Waals surface area contributed by atoms with Crippen LogP contribution in [0.4, 0.5) is 0 Å². The molecule has 1 amide bonds. The maximum atomic E-state index is 12.3. The van der Waals surface area contributed by atoms with E-state index in [1.165, 1.54) is 6.42 Å². The van der Waals surface area contributed by atoms with Crippen LogP contribution in [0.3, 0.4) is 0 Å². The van der Waals surface area contributed by atoms with Crippen LogP contribution in [-0.4, -0.2) is 51.2 Å². The Kier molecular flexibility index (Phi) is 6.52. The lowest BCUT2D eigenvalue weighted by Gasteiger charge is -2.32. The van der Waals surface area contributed by atoms with Gasteiger partial charge >= 0.3 is 0 Å². The fourth-order valence-corrected chi connectivity index (χ4v) is 2.89. The van der Waals surface area contributed by atoms with Crippen molar-refractivity contribution in [2.45, 2.75) is 19.3 Å². The molecule has 0 spiro atoms. The Labute approximate surface area is 132 Å². The third-order valence-electron chi connectivity index (χ3n) is 4.01. The lowest BCUT2D eigenvalue weighted by atomic mass is 9.98. The fourth-order valence-electron chi connectivity index (χ4n) is 2.89. The molecule has 122 valence electrons. The number of piperidine rings is 1. The first-order chi connectivity index (χ1) is 10.7. The smallest absolute Gasteiger partial charge is 0.226 e. The largest absolute Gasteiger partial charge is 0.493 e. The Bertz CT molecular complexity index is 477. The summed E-state index contributed by atoms with van der Waals surface area (Å²) in [6, 6.07) is 7.50. The van der Waals surface area contributed by atoms with Crippen LogP contribution in [0.25, 0.3) is 0 Å². The van der Waals surface area contributed by atoms with Gasteiger partial charge in [-0.1, -0.05) is 12.1 Å². The normalized spacial score (nSPS) is 18.1. The van der Waals surface area contributed by atoms with E-state index in [2.05, 4.69) is 5.32 Å². The molecule has 1 fully saturated rings. The summed E-state index contributed by atoms with van der Waals surface area (Å²) in [5, 5.41) is 3.20. The van der Waals surface area contributed by atoms with E-state index in [4.69, 9.17) is 9.47 Å². The summed E-state index contributed by atoms with van der Waals surface area (Å²) >= 11 is 0. The maximum Gasteiger partial charge on any atom is 0.226 e. The van der Waals surface area contributed by atoms with Crippen molar-refractivity contribution < 1.29 is 14.3 Å². The van der Waals surface area contributed by atoms with Crippen LogP contribution < -0.4 is 14.8 Å². The molecule has 1 aliphatic heterocycles. The molecule has 5 nitrogen and oxygen atoms in total. The highest BCUT2D eigenvalue weighted by Gasteiger charge is 2.22. The van der Waals surface area contributed by atoms with Crippen molar-refractivity contribution in [1.82, 2.24) is 10.2 Å². The van der Waals surface area contributed by atoms with Crippen LogP contribution >= 0.6 is 0 Å². The summed E-state index contributed by atoms with van der Waals surface area (Å²) in [5.74, 6) is 2.13. The standard InChI is InChI=1S/C17H26N2O3/c1-18-12-14-6-5-10-19(13-14)17(20)9-11-22-16-8-4-3-7-15(16)21-2/h3-4,7-8,14,18H,5-6,9-13H2,1-2H3/t14-/m0/s1. The van der Waals surface area contributed by atoms with Crippen LogP contribution in [0.15, 0.2) is 24.3 Å². The number of likely N-dealkylation sites (tertiary alicyclic amines) is 1. The molecule has 1 N–H and O–H groups in total. The van der Waals surface area contributed by atoms with Crippen molar-refractivity contribution in [2.75, 3.05) is 40.4 Å². The molecule has 1 heterocycles. The van der Waals surface area contributed by atoms with Gasteiger partial charge in [0.25, 0.3) is 0 Å². The Morgan fingerprint density at radius 2 is 2.14 bits per heavy atom. The van der Waals surface area contributed by atoms with Crippen LogP contribution in [-0.2, 0) is 4.79 Å². The molecule has 0 unspecified atom stereocenters. The number of hydrogen-bond acceptors (Lipinski definition) is 4. The number of carbonyl (C=O) groups is 1. The minimum Gasteiger partial charge on any atom is -0.493 e. The van der Waals surface area contributed by atoms with Gasteiger partial charge in [-0.05, 0) is 44.5 Å². The number of nitrogens with one attached hydrogen (secondary N) is 1. The third kappa shape index (κ3) is 4.63. The number of hydrogen-bond donors (Lipinski definition) is 1. The van der Waals surface area contributed by atoms with Crippen molar-refractivity contribution >= 4 is 5.91 Å². The average Bonchev–Trinajstić information content (AvgIpc) is 2.56. The molecular weight excluding hydrogens is 280 g/mol. The number of carbonyl (C=O) groups excluding carboxylic acids is 1. The van der Waals surface area contributed by atoms with Crippen molar-refractivity contribution in [3.05, 3.63) is 24.3 Å².